The summed E-state index contributed by atoms with van der Waals surface area (Å²) in [5, 5.41) is 3.63. The SMILES string of the molecule is Cc1cncc(CNC(C)C2CCCC2)c1. The number of pyridine rings is 1. The van der Waals surface area contributed by atoms with Gasteiger partial charge in [0.2, 0.25) is 0 Å². The van der Waals surface area contributed by atoms with Gasteiger partial charge in [-0.1, -0.05) is 18.9 Å². The lowest BCUT2D eigenvalue weighted by atomic mass is 9.99. The van der Waals surface area contributed by atoms with E-state index in [1.54, 1.807) is 0 Å². The Morgan fingerprint density at radius 3 is 2.81 bits per heavy atom. The molecule has 0 aliphatic heterocycles. The minimum absolute atomic E-state index is 0.642. The summed E-state index contributed by atoms with van der Waals surface area (Å²) in [7, 11) is 0. The number of hydrogen-bond acceptors (Lipinski definition) is 2. The third-order valence-electron chi connectivity index (χ3n) is 3.67. The molecule has 0 saturated heterocycles. The maximum atomic E-state index is 4.22. The average molecular weight is 218 g/mol. The van der Waals surface area contributed by atoms with Crippen LogP contribution >= 0.6 is 0 Å². The topological polar surface area (TPSA) is 24.9 Å². The first kappa shape index (κ1) is 11.6. The van der Waals surface area contributed by atoms with Crippen LogP contribution in [0, 0.1) is 12.8 Å². The third kappa shape index (κ3) is 3.05. The summed E-state index contributed by atoms with van der Waals surface area (Å²) in [5.74, 6) is 0.887. The van der Waals surface area contributed by atoms with Gasteiger partial charge in [0.1, 0.15) is 0 Å². The zero-order chi connectivity index (χ0) is 11.4. The van der Waals surface area contributed by atoms with E-state index < -0.39 is 0 Å². The van der Waals surface area contributed by atoms with Gasteiger partial charge in [-0.3, -0.25) is 4.98 Å². The second-order valence-electron chi connectivity index (χ2n) is 5.08. The molecule has 1 aliphatic carbocycles. The molecule has 0 spiro atoms. The maximum Gasteiger partial charge on any atom is 0.0313 e. The summed E-state index contributed by atoms with van der Waals surface area (Å²) in [6.45, 7) is 5.36. The van der Waals surface area contributed by atoms with Crippen LogP contribution in [0.5, 0.6) is 0 Å². The lowest BCUT2D eigenvalue weighted by Crippen LogP contribution is -2.31. The van der Waals surface area contributed by atoms with E-state index in [2.05, 4.69) is 30.2 Å². The van der Waals surface area contributed by atoms with E-state index in [1.165, 1.54) is 36.8 Å². The summed E-state index contributed by atoms with van der Waals surface area (Å²) in [6, 6.07) is 2.85. The highest BCUT2D eigenvalue weighted by molar-refractivity contribution is 5.16. The largest absolute Gasteiger partial charge is 0.310 e. The van der Waals surface area contributed by atoms with E-state index in [4.69, 9.17) is 0 Å². The first-order chi connectivity index (χ1) is 7.75. The first-order valence-electron chi connectivity index (χ1n) is 6.39. The van der Waals surface area contributed by atoms with Crippen LogP contribution in [0.4, 0.5) is 0 Å². The van der Waals surface area contributed by atoms with Gasteiger partial charge in [-0.2, -0.15) is 0 Å². The minimum atomic E-state index is 0.642. The van der Waals surface area contributed by atoms with Crippen molar-refractivity contribution in [2.45, 2.75) is 52.1 Å². The summed E-state index contributed by atoms with van der Waals surface area (Å²) in [5.41, 5.74) is 2.54. The first-order valence-corrected chi connectivity index (χ1v) is 6.39. The molecule has 0 radical (unpaired) electrons. The Morgan fingerprint density at radius 2 is 2.12 bits per heavy atom. The fraction of sp³-hybridized carbons (Fsp3) is 0.643. The molecule has 0 aromatic carbocycles. The number of nitrogens with zero attached hydrogens (tertiary/aromatic N) is 1. The molecular formula is C14H22N2. The molecule has 2 rings (SSSR count). The van der Waals surface area contributed by atoms with Crippen molar-refractivity contribution in [1.29, 1.82) is 0 Å². The Morgan fingerprint density at radius 1 is 1.38 bits per heavy atom. The van der Waals surface area contributed by atoms with E-state index in [-0.39, 0.29) is 0 Å². The summed E-state index contributed by atoms with van der Waals surface area (Å²) in [4.78, 5) is 4.22. The van der Waals surface area contributed by atoms with Gasteiger partial charge < -0.3 is 5.32 Å². The van der Waals surface area contributed by atoms with Crippen LogP contribution in [0.1, 0.15) is 43.7 Å². The molecule has 88 valence electrons. The number of rotatable bonds is 4. The highest BCUT2D eigenvalue weighted by Crippen LogP contribution is 2.27. The maximum absolute atomic E-state index is 4.22. The van der Waals surface area contributed by atoms with Crippen LogP contribution in [0.3, 0.4) is 0 Å². The van der Waals surface area contributed by atoms with Crippen LogP contribution in [0.15, 0.2) is 18.5 Å². The number of hydrogen-bond donors (Lipinski definition) is 1. The van der Waals surface area contributed by atoms with E-state index in [0.717, 1.165) is 12.5 Å². The zero-order valence-corrected chi connectivity index (χ0v) is 10.4. The van der Waals surface area contributed by atoms with Gasteiger partial charge in [-0.05, 0) is 43.7 Å². The number of nitrogens with one attached hydrogen (secondary N) is 1. The van der Waals surface area contributed by atoms with Gasteiger partial charge in [0, 0.05) is 25.0 Å². The van der Waals surface area contributed by atoms with Gasteiger partial charge in [0.05, 0.1) is 0 Å². The Kier molecular flexibility index (Phi) is 3.94. The van der Waals surface area contributed by atoms with E-state index >= 15 is 0 Å². The molecule has 1 heterocycles. The molecule has 0 amide bonds. The van der Waals surface area contributed by atoms with Crippen molar-refractivity contribution in [3.8, 4) is 0 Å². The molecule has 0 bridgehead atoms. The molecule has 1 aliphatic rings. The smallest absolute Gasteiger partial charge is 0.0313 e. The fourth-order valence-corrected chi connectivity index (χ4v) is 2.62. The van der Waals surface area contributed by atoms with Gasteiger partial charge in [-0.25, -0.2) is 0 Å². The molecule has 16 heavy (non-hydrogen) atoms. The van der Waals surface area contributed by atoms with Crippen molar-refractivity contribution in [3.05, 3.63) is 29.6 Å². The fourth-order valence-electron chi connectivity index (χ4n) is 2.62. The van der Waals surface area contributed by atoms with E-state index in [0.29, 0.717) is 6.04 Å². The van der Waals surface area contributed by atoms with Crippen molar-refractivity contribution in [2.24, 2.45) is 5.92 Å². The van der Waals surface area contributed by atoms with Crippen LogP contribution in [0.2, 0.25) is 0 Å². The Labute approximate surface area is 98.5 Å². The molecule has 2 nitrogen and oxygen atoms in total. The lowest BCUT2D eigenvalue weighted by Gasteiger charge is -2.20. The summed E-state index contributed by atoms with van der Waals surface area (Å²) < 4.78 is 0. The Balaban J connectivity index is 1.82. The van der Waals surface area contributed by atoms with Gasteiger partial charge in [0.15, 0.2) is 0 Å². The summed E-state index contributed by atoms with van der Waals surface area (Å²) in [6.07, 6.45) is 9.51. The molecule has 1 aromatic heterocycles. The molecule has 1 N–H and O–H groups in total. The highest BCUT2D eigenvalue weighted by atomic mass is 14.9. The molecule has 1 aromatic rings. The normalized spacial score (nSPS) is 18.9. The minimum Gasteiger partial charge on any atom is -0.310 e. The molecule has 2 heteroatoms. The predicted molar refractivity (Wildman–Crippen MR) is 67.2 cm³/mol. The van der Waals surface area contributed by atoms with Crippen LogP contribution in [-0.4, -0.2) is 11.0 Å². The van der Waals surface area contributed by atoms with Crippen molar-refractivity contribution < 1.29 is 0 Å². The van der Waals surface area contributed by atoms with Gasteiger partial charge in [0.25, 0.3) is 0 Å². The van der Waals surface area contributed by atoms with Gasteiger partial charge in [-0.15, -0.1) is 0 Å². The number of aryl methyl sites for hydroxylation is 1. The molecule has 1 fully saturated rings. The standard InChI is InChI=1S/C14H22N2/c1-11-7-13(9-15-8-11)10-16-12(2)14-5-3-4-6-14/h7-9,12,14,16H,3-6,10H2,1-2H3. The monoisotopic (exact) mass is 218 g/mol. The van der Waals surface area contributed by atoms with Crippen molar-refractivity contribution in [2.75, 3.05) is 0 Å². The van der Waals surface area contributed by atoms with Crippen LogP contribution < -0.4 is 5.32 Å². The second-order valence-corrected chi connectivity index (χ2v) is 5.08. The highest BCUT2D eigenvalue weighted by Gasteiger charge is 2.20. The predicted octanol–water partition coefficient (Wildman–Crippen LogP) is 3.06. The molecule has 1 atom stereocenters. The summed E-state index contributed by atoms with van der Waals surface area (Å²) >= 11 is 0. The third-order valence-corrected chi connectivity index (χ3v) is 3.67. The van der Waals surface area contributed by atoms with Gasteiger partial charge >= 0.3 is 0 Å². The molecular weight excluding hydrogens is 196 g/mol. The second kappa shape index (κ2) is 5.44. The zero-order valence-electron chi connectivity index (χ0n) is 10.4. The van der Waals surface area contributed by atoms with E-state index in [9.17, 15) is 0 Å². The van der Waals surface area contributed by atoms with Crippen molar-refractivity contribution in [3.63, 3.8) is 0 Å². The Hall–Kier alpha value is -0.890. The van der Waals surface area contributed by atoms with Crippen molar-refractivity contribution in [1.82, 2.24) is 10.3 Å². The lowest BCUT2D eigenvalue weighted by molar-refractivity contribution is 0.380. The van der Waals surface area contributed by atoms with Crippen molar-refractivity contribution >= 4 is 0 Å². The molecule has 1 saturated carbocycles. The van der Waals surface area contributed by atoms with Crippen LogP contribution in [-0.2, 0) is 6.54 Å². The number of aromatic nitrogens is 1. The molecule has 1 unspecified atom stereocenters. The Bertz CT molecular complexity index is 329. The van der Waals surface area contributed by atoms with Crippen LogP contribution in [0.25, 0.3) is 0 Å². The quantitative estimate of drug-likeness (QED) is 0.840. The van der Waals surface area contributed by atoms with E-state index in [1.807, 2.05) is 12.4 Å². The average Bonchev–Trinajstić information content (AvgIpc) is 2.79.